The van der Waals surface area contributed by atoms with Gasteiger partial charge in [0, 0.05) is 12.6 Å². The summed E-state index contributed by atoms with van der Waals surface area (Å²) in [5, 5.41) is 2.67. The van der Waals surface area contributed by atoms with Crippen LogP contribution in [-0.4, -0.2) is 31.2 Å². The summed E-state index contributed by atoms with van der Waals surface area (Å²) in [7, 11) is 0. The molecule has 1 aliphatic carbocycles. The van der Waals surface area contributed by atoms with Crippen molar-refractivity contribution in [1.82, 2.24) is 5.32 Å². The Morgan fingerprint density at radius 3 is 2.83 bits per heavy atom. The van der Waals surface area contributed by atoms with E-state index in [0.29, 0.717) is 6.54 Å². The Kier molecular flexibility index (Phi) is 3.49. The van der Waals surface area contributed by atoms with Gasteiger partial charge in [-0.2, -0.15) is 0 Å². The SMILES string of the molecule is CCNC(=O)COC1CC(N)C1. The molecule has 0 heterocycles. The van der Waals surface area contributed by atoms with Gasteiger partial charge in [-0.05, 0) is 19.8 Å². The molecule has 4 nitrogen and oxygen atoms in total. The normalized spacial score (nSPS) is 27.8. The fraction of sp³-hybridized carbons (Fsp3) is 0.875. The average molecular weight is 172 g/mol. The summed E-state index contributed by atoms with van der Waals surface area (Å²) in [5.41, 5.74) is 5.55. The molecule has 3 N–H and O–H groups in total. The summed E-state index contributed by atoms with van der Waals surface area (Å²) < 4.78 is 5.27. The lowest BCUT2D eigenvalue weighted by Crippen LogP contribution is -2.43. The second-order valence-corrected chi connectivity index (χ2v) is 3.12. The molecule has 1 amide bonds. The topological polar surface area (TPSA) is 64.3 Å². The summed E-state index contributed by atoms with van der Waals surface area (Å²) >= 11 is 0. The summed E-state index contributed by atoms with van der Waals surface area (Å²) in [6.07, 6.45) is 1.99. The fourth-order valence-corrected chi connectivity index (χ4v) is 1.18. The van der Waals surface area contributed by atoms with E-state index in [4.69, 9.17) is 10.5 Å². The largest absolute Gasteiger partial charge is 0.368 e. The predicted octanol–water partition coefficient (Wildman–Crippen LogP) is -0.371. The van der Waals surface area contributed by atoms with E-state index in [0.717, 1.165) is 12.8 Å². The Balaban J connectivity index is 1.98. The van der Waals surface area contributed by atoms with Crippen LogP contribution in [0, 0.1) is 0 Å². The maximum atomic E-state index is 10.9. The molecule has 0 aromatic carbocycles. The van der Waals surface area contributed by atoms with Gasteiger partial charge in [0.15, 0.2) is 0 Å². The van der Waals surface area contributed by atoms with Crippen molar-refractivity contribution in [2.75, 3.05) is 13.2 Å². The third-order valence-electron chi connectivity index (χ3n) is 1.96. The molecule has 12 heavy (non-hydrogen) atoms. The summed E-state index contributed by atoms with van der Waals surface area (Å²) in [6.45, 7) is 2.72. The van der Waals surface area contributed by atoms with Gasteiger partial charge in [-0.15, -0.1) is 0 Å². The first-order chi connectivity index (χ1) is 5.72. The number of likely N-dealkylation sites (N-methyl/N-ethyl adjacent to an activating group) is 1. The van der Waals surface area contributed by atoms with Crippen LogP contribution in [0.3, 0.4) is 0 Å². The molecular formula is C8H16N2O2. The molecule has 0 spiro atoms. The lowest BCUT2D eigenvalue weighted by atomic mass is 9.90. The molecule has 1 fully saturated rings. The molecule has 4 heteroatoms. The highest BCUT2D eigenvalue weighted by atomic mass is 16.5. The number of hydrogen-bond donors (Lipinski definition) is 2. The van der Waals surface area contributed by atoms with Crippen molar-refractivity contribution in [1.29, 1.82) is 0 Å². The van der Waals surface area contributed by atoms with Crippen LogP contribution in [0.5, 0.6) is 0 Å². The minimum Gasteiger partial charge on any atom is -0.368 e. The van der Waals surface area contributed by atoms with Crippen LogP contribution in [0.2, 0.25) is 0 Å². The number of nitrogens with two attached hydrogens (primary N) is 1. The Labute approximate surface area is 72.5 Å². The van der Waals surface area contributed by atoms with Crippen LogP contribution in [0.25, 0.3) is 0 Å². The third kappa shape index (κ3) is 2.79. The summed E-state index contributed by atoms with van der Waals surface area (Å²) in [6, 6.07) is 0.282. The molecule has 1 saturated carbocycles. The standard InChI is InChI=1S/C8H16N2O2/c1-2-10-8(11)5-12-7-3-6(9)4-7/h6-7H,2-5,9H2,1H3,(H,10,11). The maximum absolute atomic E-state index is 10.9. The zero-order chi connectivity index (χ0) is 8.97. The summed E-state index contributed by atoms with van der Waals surface area (Å²) in [5.74, 6) is -0.0435. The van der Waals surface area contributed by atoms with Crippen molar-refractivity contribution in [2.24, 2.45) is 5.73 Å². The van der Waals surface area contributed by atoms with Crippen LogP contribution < -0.4 is 11.1 Å². The van der Waals surface area contributed by atoms with Crippen molar-refractivity contribution in [3.8, 4) is 0 Å². The molecule has 0 aromatic rings. The number of rotatable bonds is 4. The third-order valence-corrected chi connectivity index (χ3v) is 1.96. The number of carbonyl (C=O) groups excluding carboxylic acids is 1. The van der Waals surface area contributed by atoms with Crippen LogP contribution in [-0.2, 0) is 9.53 Å². The molecule has 1 rings (SSSR count). The highest BCUT2D eigenvalue weighted by Gasteiger charge is 2.26. The van der Waals surface area contributed by atoms with Gasteiger partial charge in [-0.3, -0.25) is 4.79 Å². The molecule has 0 unspecified atom stereocenters. The fourth-order valence-electron chi connectivity index (χ4n) is 1.18. The van der Waals surface area contributed by atoms with E-state index in [1.54, 1.807) is 0 Å². The minimum atomic E-state index is -0.0435. The van der Waals surface area contributed by atoms with E-state index < -0.39 is 0 Å². The molecule has 0 radical (unpaired) electrons. The zero-order valence-electron chi connectivity index (χ0n) is 7.38. The Morgan fingerprint density at radius 1 is 1.67 bits per heavy atom. The van der Waals surface area contributed by atoms with E-state index in [1.807, 2.05) is 6.92 Å². The second-order valence-electron chi connectivity index (χ2n) is 3.12. The van der Waals surface area contributed by atoms with Gasteiger partial charge >= 0.3 is 0 Å². The Bertz CT molecular complexity index is 155. The predicted molar refractivity (Wildman–Crippen MR) is 45.6 cm³/mol. The van der Waals surface area contributed by atoms with Crippen molar-refractivity contribution in [2.45, 2.75) is 31.9 Å². The molecule has 70 valence electrons. The summed E-state index contributed by atoms with van der Waals surface area (Å²) in [4.78, 5) is 10.9. The number of nitrogens with one attached hydrogen (secondary N) is 1. The highest BCUT2D eigenvalue weighted by Crippen LogP contribution is 2.20. The molecule has 0 aromatic heterocycles. The van der Waals surface area contributed by atoms with Gasteiger partial charge in [0.25, 0.3) is 0 Å². The molecule has 1 aliphatic rings. The van der Waals surface area contributed by atoms with Crippen molar-refractivity contribution in [3.63, 3.8) is 0 Å². The van der Waals surface area contributed by atoms with Crippen LogP contribution in [0.4, 0.5) is 0 Å². The molecular weight excluding hydrogens is 156 g/mol. The first-order valence-corrected chi connectivity index (χ1v) is 4.36. The lowest BCUT2D eigenvalue weighted by molar-refractivity contribution is -0.129. The monoisotopic (exact) mass is 172 g/mol. The number of carbonyl (C=O) groups is 1. The molecule has 0 aliphatic heterocycles. The number of hydrogen-bond acceptors (Lipinski definition) is 3. The van der Waals surface area contributed by atoms with Gasteiger partial charge < -0.3 is 15.8 Å². The van der Waals surface area contributed by atoms with E-state index in [-0.39, 0.29) is 24.7 Å². The highest BCUT2D eigenvalue weighted by molar-refractivity contribution is 5.77. The second kappa shape index (κ2) is 4.42. The first kappa shape index (κ1) is 9.48. The average Bonchev–Trinajstić information content (AvgIpc) is 1.96. The molecule has 0 atom stereocenters. The van der Waals surface area contributed by atoms with Crippen LogP contribution in [0.1, 0.15) is 19.8 Å². The smallest absolute Gasteiger partial charge is 0.246 e. The number of ether oxygens (including phenoxy) is 1. The van der Waals surface area contributed by atoms with E-state index in [1.165, 1.54) is 0 Å². The minimum absolute atomic E-state index is 0.0435. The molecule has 0 saturated heterocycles. The van der Waals surface area contributed by atoms with Gasteiger partial charge in [-0.25, -0.2) is 0 Å². The van der Waals surface area contributed by atoms with E-state index >= 15 is 0 Å². The Morgan fingerprint density at radius 2 is 2.33 bits per heavy atom. The van der Waals surface area contributed by atoms with Crippen LogP contribution in [0.15, 0.2) is 0 Å². The van der Waals surface area contributed by atoms with Crippen molar-refractivity contribution >= 4 is 5.91 Å². The first-order valence-electron chi connectivity index (χ1n) is 4.36. The maximum Gasteiger partial charge on any atom is 0.246 e. The van der Waals surface area contributed by atoms with Crippen molar-refractivity contribution < 1.29 is 9.53 Å². The molecule has 0 bridgehead atoms. The van der Waals surface area contributed by atoms with E-state index in [2.05, 4.69) is 5.32 Å². The van der Waals surface area contributed by atoms with Crippen LogP contribution >= 0.6 is 0 Å². The van der Waals surface area contributed by atoms with Gasteiger partial charge in [0.1, 0.15) is 6.61 Å². The van der Waals surface area contributed by atoms with Gasteiger partial charge in [0.2, 0.25) is 5.91 Å². The zero-order valence-corrected chi connectivity index (χ0v) is 7.38. The van der Waals surface area contributed by atoms with E-state index in [9.17, 15) is 4.79 Å². The van der Waals surface area contributed by atoms with Gasteiger partial charge in [0.05, 0.1) is 6.10 Å². The quantitative estimate of drug-likeness (QED) is 0.608. The van der Waals surface area contributed by atoms with Crippen molar-refractivity contribution in [3.05, 3.63) is 0 Å². The lowest BCUT2D eigenvalue weighted by Gasteiger charge is -2.31. The Hall–Kier alpha value is -0.610. The van der Waals surface area contributed by atoms with Gasteiger partial charge in [-0.1, -0.05) is 0 Å². The number of amides is 1.